The molecule has 0 heterocycles. The number of unbranched alkanes of at least 4 members (excludes halogenated alkanes) is 1. The molecule has 2 atom stereocenters. The normalized spacial score (nSPS) is 30.5. The maximum absolute atomic E-state index is 9.78. The van der Waals surface area contributed by atoms with Crippen LogP contribution in [0.4, 0.5) is 0 Å². The summed E-state index contributed by atoms with van der Waals surface area (Å²) in [5.41, 5.74) is 0.380. The van der Waals surface area contributed by atoms with Gasteiger partial charge in [0.2, 0.25) is 0 Å². The quantitative estimate of drug-likeness (QED) is 0.659. The van der Waals surface area contributed by atoms with E-state index >= 15 is 0 Å². The van der Waals surface area contributed by atoms with Gasteiger partial charge in [-0.2, -0.15) is 5.26 Å². The number of hydrogen-bond acceptors (Lipinski definition) is 1. The smallest absolute Gasteiger partial charge is 0.0698 e. The molecule has 0 saturated heterocycles. The van der Waals surface area contributed by atoms with Gasteiger partial charge in [-0.05, 0) is 36.0 Å². The van der Waals surface area contributed by atoms with Crippen LogP contribution in [-0.4, -0.2) is 0 Å². The van der Waals surface area contributed by atoms with Gasteiger partial charge in [-0.1, -0.05) is 54.4 Å². The maximum Gasteiger partial charge on any atom is 0.0698 e. The molecule has 1 nitrogen and oxygen atoms in total. The molecule has 0 amide bonds. The molecule has 17 heavy (non-hydrogen) atoms. The van der Waals surface area contributed by atoms with Crippen LogP contribution in [0.25, 0.3) is 0 Å². The molecule has 0 aromatic rings. The third kappa shape index (κ3) is 1.90. The molecule has 1 aliphatic carbocycles. The van der Waals surface area contributed by atoms with Gasteiger partial charge in [-0.3, -0.25) is 0 Å². The zero-order valence-corrected chi connectivity index (χ0v) is 12.8. The zero-order valence-electron chi connectivity index (χ0n) is 12.8. The molecule has 0 aromatic heterocycles. The Morgan fingerprint density at radius 2 is 1.65 bits per heavy atom. The van der Waals surface area contributed by atoms with Crippen molar-refractivity contribution < 1.29 is 0 Å². The van der Waals surface area contributed by atoms with Crippen LogP contribution in [0.15, 0.2) is 0 Å². The van der Waals surface area contributed by atoms with Crippen molar-refractivity contribution in [2.24, 2.45) is 21.7 Å². The second kappa shape index (κ2) is 4.01. The molecule has 0 radical (unpaired) electrons. The van der Waals surface area contributed by atoms with Crippen LogP contribution in [0.5, 0.6) is 0 Å². The van der Waals surface area contributed by atoms with Crippen molar-refractivity contribution in [2.45, 2.75) is 74.1 Å². The van der Waals surface area contributed by atoms with Crippen molar-refractivity contribution in [1.29, 1.82) is 5.26 Å². The minimum atomic E-state index is -0.224. The molecule has 1 aliphatic rings. The first-order chi connectivity index (χ1) is 7.58. The van der Waals surface area contributed by atoms with Gasteiger partial charge in [0.05, 0.1) is 11.5 Å². The van der Waals surface area contributed by atoms with Gasteiger partial charge >= 0.3 is 0 Å². The van der Waals surface area contributed by atoms with Gasteiger partial charge in [0.15, 0.2) is 0 Å². The molecule has 0 spiro atoms. The fourth-order valence-electron chi connectivity index (χ4n) is 3.71. The lowest BCUT2D eigenvalue weighted by Crippen LogP contribution is -2.42. The summed E-state index contributed by atoms with van der Waals surface area (Å²) in [6, 6.07) is 2.69. The van der Waals surface area contributed by atoms with E-state index in [1.165, 1.54) is 25.7 Å². The Labute approximate surface area is 108 Å². The Balaban J connectivity index is 3.13. The highest BCUT2D eigenvalue weighted by molar-refractivity contribution is 5.25. The highest BCUT2D eigenvalue weighted by Crippen LogP contribution is 2.77. The second-order valence-electron chi connectivity index (χ2n) is 7.73. The summed E-state index contributed by atoms with van der Waals surface area (Å²) >= 11 is 0. The summed E-state index contributed by atoms with van der Waals surface area (Å²) in [5.74, 6) is 0. The molecule has 0 N–H and O–H groups in total. The number of nitrogens with zero attached hydrogens (tertiary/aromatic N) is 1. The number of rotatable bonds is 4. The average Bonchev–Trinajstić information content (AvgIpc) is 2.76. The Hall–Kier alpha value is -0.510. The summed E-state index contributed by atoms with van der Waals surface area (Å²) in [6.07, 6.45) is 4.89. The molecule has 0 aliphatic heterocycles. The fourth-order valence-corrected chi connectivity index (χ4v) is 3.71. The van der Waals surface area contributed by atoms with Gasteiger partial charge in [0.25, 0.3) is 0 Å². The number of hydrogen-bond donors (Lipinski definition) is 0. The summed E-state index contributed by atoms with van der Waals surface area (Å²) in [5, 5.41) is 9.78. The lowest BCUT2D eigenvalue weighted by Gasteiger charge is -2.45. The SMILES string of the molecule is CCCCC1(C(C)(C#N)C(C)(C)C)CC1(C)C. The molecule has 1 rings (SSSR count). The van der Waals surface area contributed by atoms with Crippen LogP contribution < -0.4 is 0 Å². The predicted molar refractivity (Wildman–Crippen MR) is 73.5 cm³/mol. The summed E-state index contributed by atoms with van der Waals surface area (Å²) < 4.78 is 0. The van der Waals surface area contributed by atoms with E-state index in [4.69, 9.17) is 0 Å². The van der Waals surface area contributed by atoms with Crippen LogP contribution in [0.3, 0.4) is 0 Å². The van der Waals surface area contributed by atoms with E-state index in [9.17, 15) is 5.26 Å². The fraction of sp³-hybridized carbons (Fsp3) is 0.938. The first kappa shape index (κ1) is 14.6. The molecule has 1 heteroatoms. The molecule has 1 saturated carbocycles. The number of nitriles is 1. The van der Waals surface area contributed by atoms with Gasteiger partial charge in [-0.25, -0.2) is 0 Å². The molecular formula is C16H29N. The van der Waals surface area contributed by atoms with E-state index in [1.54, 1.807) is 0 Å². The third-order valence-electron chi connectivity index (χ3n) is 5.55. The van der Waals surface area contributed by atoms with Gasteiger partial charge in [-0.15, -0.1) is 0 Å². The van der Waals surface area contributed by atoms with Gasteiger partial charge in [0.1, 0.15) is 0 Å². The highest BCUT2D eigenvalue weighted by Gasteiger charge is 2.71. The van der Waals surface area contributed by atoms with E-state index in [2.05, 4.69) is 54.5 Å². The van der Waals surface area contributed by atoms with E-state index < -0.39 is 0 Å². The summed E-state index contributed by atoms with van der Waals surface area (Å²) in [6.45, 7) is 15.8. The minimum Gasteiger partial charge on any atom is -0.198 e. The van der Waals surface area contributed by atoms with Crippen molar-refractivity contribution in [3.05, 3.63) is 0 Å². The van der Waals surface area contributed by atoms with Crippen molar-refractivity contribution in [3.63, 3.8) is 0 Å². The van der Waals surface area contributed by atoms with Crippen molar-refractivity contribution in [2.75, 3.05) is 0 Å². The Bertz CT molecular complexity index is 328. The summed E-state index contributed by atoms with van der Waals surface area (Å²) in [7, 11) is 0. The molecule has 2 unspecified atom stereocenters. The van der Waals surface area contributed by atoms with Crippen LogP contribution in [0.2, 0.25) is 0 Å². The van der Waals surface area contributed by atoms with Crippen molar-refractivity contribution in [1.82, 2.24) is 0 Å². The minimum absolute atomic E-state index is 0.0449. The van der Waals surface area contributed by atoms with E-state index in [0.717, 1.165) is 0 Å². The van der Waals surface area contributed by atoms with Crippen molar-refractivity contribution in [3.8, 4) is 6.07 Å². The molecule has 0 bridgehead atoms. The Kier molecular flexibility index (Phi) is 3.43. The van der Waals surface area contributed by atoms with Crippen LogP contribution in [0.1, 0.15) is 74.1 Å². The largest absolute Gasteiger partial charge is 0.198 e. The molecule has 1 fully saturated rings. The van der Waals surface area contributed by atoms with Crippen molar-refractivity contribution >= 4 is 0 Å². The second-order valence-corrected chi connectivity index (χ2v) is 7.73. The Morgan fingerprint density at radius 3 is 1.88 bits per heavy atom. The van der Waals surface area contributed by atoms with Crippen LogP contribution in [-0.2, 0) is 0 Å². The highest BCUT2D eigenvalue weighted by atomic mass is 14.7. The first-order valence-corrected chi connectivity index (χ1v) is 6.99. The predicted octanol–water partition coefficient (Wildman–Crippen LogP) is 5.17. The van der Waals surface area contributed by atoms with E-state index in [-0.39, 0.29) is 16.2 Å². The van der Waals surface area contributed by atoms with Gasteiger partial charge in [0, 0.05) is 0 Å². The summed E-state index contributed by atoms with van der Waals surface area (Å²) in [4.78, 5) is 0. The molecular weight excluding hydrogens is 206 g/mol. The Morgan fingerprint density at radius 1 is 1.18 bits per heavy atom. The van der Waals surface area contributed by atoms with Crippen LogP contribution in [0, 0.1) is 33.0 Å². The van der Waals surface area contributed by atoms with Crippen LogP contribution >= 0.6 is 0 Å². The monoisotopic (exact) mass is 235 g/mol. The molecule has 0 aromatic carbocycles. The van der Waals surface area contributed by atoms with Gasteiger partial charge < -0.3 is 0 Å². The van der Waals surface area contributed by atoms with E-state index in [1.807, 2.05) is 0 Å². The average molecular weight is 235 g/mol. The zero-order chi connectivity index (χ0) is 13.5. The standard InChI is InChI=1S/C16H29N/c1-8-9-10-16(11-14(16,5)6)15(7,12-17)13(2,3)4/h8-11H2,1-7H3. The lowest BCUT2D eigenvalue weighted by molar-refractivity contribution is 0.0446. The first-order valence-electron chi connectivity index (χ1n) is 6.99. The van der Waals surface area contributed by atoms with E-state index in [0.29, 0.717) is 5.41 Å². The molecule has 98 valence electrons. The lowest BCUT2D eigenvalue weighted by atomic mass is 9.56. The maximum atomic E-state index is 9.78. The topological polar surface area (TPSA) is 23.8 Å². The third-order valence-corrected chi connectivity index (χ3v) is 5.55.